The lowest BCUT2D eigenvalue weighted by Crippen LogP contribution is -2.41. The van der Waals surface area contributed by atoms with E-state index < -0.39 is 0 Å². The fraction of sp³-hybridized carbons (Fsp3) is 0.261. The van der Waals surface area contributed by atoms with Crippen LogP contribution in [0.25, 0.3) is 11.3 Å². The smallest absolute Gasteiger partial charge is 0.253 e. The molecule has 1 fully saturated rings. The molecule has 1 aliphatic rings. The van der Waals surface area contributed by atoms with Gasteiger partial charge in [0.05, 0.1) is 17.8 Å². The second-order valence-corrected chi connectivity index (χ2v) is 9.15. The first kappa shape index (κ1) is 22.6. The largest absolute Gasteiger partial charge is 0.495 e. The third-order valence-electron chi connectivity index (χ3n) is 5.43. The summed E-state index contributed by atoms with van der Waals surface area (Å²) in [4.78, 5) is 31.7. The van der Waals surface area contributed by atoms with Crippen LogP contribution in [-0.4, -0.2) is 41.9 Å². The van der Waals surface area contributed by atoms with Gasteiger partial charge in [-0.3, -0.25) is 9.59 Å². The van der Waals surface area contributed by atoms with Crippen LogP contribution < -0.4 is 10.1 Å². The Labute approximate surface area is 200 Å². The van der Waals surface area contributed by atoms with E-state index in [4.69, 9.17) is 27.9 Å². The highest BCUT2D eigenvalue weighted by molar-refractivity contribution is 7.14. The zero-order valence-corrected chi connectivity index (χ0v) is 19.6. The van der Waals surface area contributed by atoms with Gasteiger partial charge in [-0.2, -0.15) is 0 Å². The first-order chi connectivity index (χ1) is 15.4. The van der Waals surface area contributed by atoms with Gasteiger partial charge in [0, 0.05) is 40.5 Å². The number of aromatic nitrogens is 1. The van der Waals surface area contributed by atoms with E-state index in [1.54, 1.807) is 48.4 Å². The Balaban J connectivity index is 1.33. The van der Waals surface area contributed by atoms with Crippen molar-refractivity contribution in [2.24, 2.45) is 5.92 Å². The van der Waals surface area contributed by atoms with Gasteiger partial charge in [-0.05, 0) is 55.3 Å². The Morgan fingerprint density at radius 2 is 1.84 bits per heavy atom. The van der Waals surface area contributed by atoms with E-state index in [1.165, 1.54) is 11.3 Å². The summed E-state index contributed by atoms with van der Waals surface area (Å²) in [7, 11) is 1.56. The van der Waals surface area contributed by atoms with Gasteiger partial charge < -0.3 is 15.0 Å². The van der Waals surface area contributed by atoms with E-state index in [0.29, 0.717) is 52.4 Å². The number of hydrogen-bond donors (Lipinski definition) is 1. The summed E-state index contributed by atoms with van der Waals surface area (Å²) in [6, 6.07) is 12.3. The first-order valence-corrected chi connectivity index (χ1v) is 11.7. The molecule has 0 aliphatic carbocycles. The Morgan fingerprint density at radius 1 is 1.12 bits per heavy atom. The lowest BCUT2D eigenvalue weighted by Gasteiger charge is -2.31. The molecular formula is C23H21Cl2N3O3S. The Bertz CT molecular complexity index is 1130. The maximum atomic E-state index is 12.7. The third-order valence-corrected chi connectivity index (χ3v) is 6.73. The zero-order chi connectivity index (χ0) is 22.7. The minimum atomic E-state index is -0.160. The lowest BCUT2D eigenvalue weighted by molar-refractivity contribution is -0.121. The molecule has 166 valence electrons. The molecule has 1 aliphatic heterocycles. The molecule has 0 radical (unpaired) electrons. The molecule has 1 saturated heterocycles. The lowest BCUT2D eigenvalue weighted by atomic mass is 9.95. The quantitative estimate of drug-likeness (QED) is 0.504. The molecule has 2 heterocycles. The van der Waals surface area contributed by atoms with Gasteiger partial charge in [0.25, 0.3) is 5.91 Å². The van der Waals surface area contributed by atoms with Crippen LogP contribution in [0.15, 0.2) is 47.8 Å². The van der Waals surface area contributed by atoms with Gasteiger partial charge in [-0.25, -0.2) is 4.98 Å². The third kappa shape index (κ3) is 5.06. The number of carbonyl (C=O) groups is 2. The van der Waals surface area contributed by atoms with Crippen LogP contribution in [0, 0.1) is 5.92 Å². The molecule has 0 bridgehead atoms. The molecule has 32 heavy (non-hydrogen) atoms. The van der Waals surface area contributed by atoms with Crippen LogP contribution in [-0.2, 0) is 4.79 Å². The second-order valence-electron chi connectivity index (χ2n) is 7.45. The number of halogens is 2. The zero-order valence-electron chi connectivity index (χ0n) is 17.3. The minimum absolute atomic E-state index is 0.0387. The molecule has 0 spiro atoms. The van der Waals surface area contributed by atoms with Gasteiger partial charge in [0.15, 0.2) is 5.13 Å². The van der Waals surface area contributed by atoms with E-state index in [0.717, 1.165) is 11.3 Å². The number of hydrogen-bond acceptors (Lipinski definition) is 5. The summed E-state index contributed by atoms with van der Waals surface area (Å²) in [5.41, 5.74) is 2.19. The van der Waals surface area contributed by atoms with Crippen LogP contribution in [0.3, 0.4) is 0 Å². The highest BCUT2D eigenvalue weighted by atomic mass is 35.5. The molecule has 2 amide bonds. The number of amides is 2. The molecule has 3 aromatic rings. The molecular weight excluding hydrogens is 469 g/mol. The summed E-state index contributed by atoms with van der Waals surface area (Å²) in [6.07, 6.45) is 1.22. The molecule has 0 unspecified atom stereocenters. The van der Waals surface area contributed by atoms with Crippen molar-refractivity contribution in [2.75, 3.05) is 25.5 Å². The van der Waals surface area contributed by atoms with E-state index in [-0.39, 0.29) is 17.7 Å². The number of nitrogens with one attached hydrogen (secondary N) is 1. The standard InChI is InChI=1S/C23H21Cl2N3O3S/c1-31-20-7-4-16(12-18(20)25)19-13-32-23(26-19)27-21(29)14-8-10-28(11-9-14)22(30)15-2-5-17(24)6-3-15/h2-7,12-14H,8-11H2,1H3,(H,26,27,29). The minimum Gasteiger partial charge on any atom is -0.495 e. The number of nitrogens with zero attached hydrogens (tertiary/aromatic N) is 2. The van der Waals surface area contributed by atoms with Gasteiger partial charge in [-0.15, -0.1) is 11.3 Å². The summed E-state index contributed by atoms with van der Waals surface area (Å²) in [5, 5.41) is 6.43. The van der Waals surface area contributed by atoms with Crippen molar-refractivity contribution in [3.63, 3.8) is 0 Å². The predicted octanol–water partition coefficient (Wildman–Crippen LogP) is 5.62. The number of benzene rings is 2. The first-order valence-electron chi connectivity index (χ1n) is 10.1. The molecule has 1 aromatic heterocycles. The number of rotatable bonds is 5. The van der Waals surface area contributed by atoms with Gasteiger partial charge in [-0.1, -0.05) is 23.2 Å². The molecule has 6 nitrogen and oxygen atoms in total. The normalized spacial score (nSPS) is 14.3. The van der Waals surface area contributed by atoms with Gasteiger partial charge in [0.2, 0.25) is 5.91 Å². The molecule has 1 N–H and O–H groups in total. The molecule has 4 rings (SSSR count). The fourth-order valence-corrected chi connectivity index (χ4v) is 4.72. The maximum Gasteiger partial charge on any atom is 0.253 e. The van der Waals surface area contributed by atoms with Crippen molar-refractivity contribution in [3.05, 3.63) is 63.5 Å². The Kier molecular flexibility index (Phi) is 6.98. The summed E-state index contributed by atoms with van der Waals surface area (Å²) in [6.45, 7) is 1.07. The summed E-state index contributed by atoms with van der Waals surface area (Å²) < 4.78 is 5.18. The number of carbonyl (C=O) groups excluding carboxylic acids is 2. The van der Waals surface area contributed by atoms with E-state index in [2.05, 4.69) is 10.3 Å². The van der Waals surface area contributed by atoms with Gasteiger partial charge in [0.1, 0.15) is 5.75 Å². The number of likely N-dealkylation sites (tertiary alicyclic amines) is 1. The van der Waals surface area contributed by atoms with E-state index in [1.807, 2.05) is 11.4 Å². The topological polar surface area (TPSA) is 71.5 Å². The van der Waals surface area contributed by atoms with Crippen molar-refractivity contribution >= 4 is 51.5 Å². The number of ether oxygens (including phenoxy) is 1. The Morgan fingerprint density at radius 3 is 2.50 bits per heavy atom. The maximum absolute atomic E-state index is 12.7. The molecule has 2 aromatic carbocycles. The van der Waals surface area contributed by atoms with Crippen LogP contribution in [0.2, 0.25) is 10.0 Å². The van der Waals surface area contributed by atoms with Crippen molar-refractivity contribution in [1.82, 2.24) is 9.88 Å². The van der Waals surface area contributed by atoms with Gasteiger partial charge >= 0.3 is 0 Å². The van der Waals surface area contributed by atoms with Crippen molar-refractivity contribution in [1.29, 1.82) is 0 Å². The van der Waals surface area contributed by atoms with E-state index in [9.17, 15) is 9.59 Å². The van der Waals surface area contributed by atoms with Crippen molar-refractivity contribution < 1.29 is 14.3 Å². The Hall–Kier alpha value is -2.61. The van der Waals surface area contributed by atoms with Crippen LogP contribution in [0.4, 0.5) is 5.13 Å². The number of piperidine rings is 1. The predicted molar refractivity (Wildman–Crippen MR) is 128 cm³/mol. The van der Waals surface area contributed by atoms with Crippen molar-refractivity contribution in [2.45, 2.75) is 12.8 Å². The highest BCUT2D eigenvalue weighted by Crippen LogP contribution is 2.32. The molecule has 0 atom stereocenters. The van der Waals surface area contributed by atoms with Crippen LogP contribution in [0.5, 0.6) is 5.75 Å². The molecule has 9 heteroatoms. The molecule has 0 saturated carbocycles. The number of anilines is 1. The monoisotopic (exact) mass is 489 g/mol. The average Bonchev–Trinajstić information content (AvgIpc) is 3.27. The summed E-state index contributed by atoms with van der Waals surface area (Å²) >= 11 is 13.5. The van der Waals surface area contributed by atoms with Crippen molar-refractivity contribution in [3.8, 4) is 17.0 Å². The van der Waals surface area contributed by atoms with E-state index >= 15 is 0 Å². The summed E-state index contributed by atoms with van der Waals surface area (Å²) in [5.74, 6) is 0.326. The SMILES string of the molecule is COc1ccc(-c2csc(NC(=O)C3CCN(C(=O)c4ccc(Cl)cc4)CC3)n2)cc1Cl. The fourth-order valence-electron chi connectivity index (χ4n) is 3.62. The average molecular weight is 490 g/mol. The van der Waals surface area contributed by atoms with Crippen LogP contribution >= 0.6 is 34.5 Å². The van der Waals surface area contributed by atoms with Crippen LogP contribution in [0.1, 0.15) is 23.2 Å². The highest BCUT2D eigenvalue weighted by Gasteiger charge is 2.28. The number of methoxy groups -OCH3 is 1. The second kappa shape index (κ2) is 9.90. The number of thiazole rings is 1.